The largest absolute Gasteiger partial charge is 0.353 e. The van der Waals surface area contributed by atoms with Crippen LogP contribution in [-0.4, -0.2) is 45.8 Å². The molecular formula is C19H28N4O2. The predicted octanol–water partition coefficient (Wildman–Crippen LogP) is 2.56. The Bertz CT molecular complexity index is 564. The number of rotatable bonds is 5. The van der Waals surface area contributed by atoms with E-state index in [1.165, 1.54) is 44.5 Å². The standard InChI is InChI=1S/C19H28N4O2/c24-18(7-6-15-4-2-1-3-5-15)22-16-8-12-23(13-9-16)19(25)17-14-20-10-11-21-17/h10-11,14-16H,1-9,12-13H2,(H,22,24). The van der Waals surface area contributed by atoms with Gasteiger partial charge < -0.3 is 10.2 Å². The van der Waals surface area contributed by atoms with Gasteiger partial charge in [0.1, 0.15) is 5.69 Å². The molecule has 0 atom stereocenters. The van der Waals surface area contributed by atoms with E-state index in [9.17, 15) is 9.59 Å². The van der Waals surface area contributed by atoms with Crippen molar-refractivity contribution in [1.29, 1.82) is 0 Å². The van der Waals surface area contributed by atoms with Crippen LogP contribution in [0.4, 0.5) is 0 Å². The lowest BCUT2D eigenvalue weighted by Gasteiger charge is -2.32. The second-order valence-corrected chi connectivity index (χ2v) is 7.27. The molecule has 0 unspecified atom stereocenters. The molecule has 1 N–H and O–H groups in total. The molecule has 1 saturated heterocycles. The predicted molar refractivity (Wildman–Crippen MR) is 94.9 cm³/mol. The molecule has 136 valence electrons. The Hall–Kier alpha value is -1.98. The Morgan fingerprint density at radius 2 is 1.84 bits per heavy atom. The summed E-state index contributed by atoms with van der Waals surface area (Å²) in [6.07, 6.45) is 14.5. The molecule has 1 saturated carbocycles. The van der Waals surface area contributed by atoms with E-state index >= 15 is 0 Å². The number of nitrogens with one attached hydrogen (secondary N) is 1. The van der Waals surface area contributed by atoms with E-state index in [2.05, 4.69) is 15.3 Å². The number of hydrogen-bond donors (Lipinski definition) is 1. The van der Waals surface area contributed by atoms with Gasteiger partial charge in [0, 0.05) is 37.9 Å². The van der Waals surface area contributed by atoms with Gasteiger partial charge in [-0.1, -0.05) is 32.1 Å². The van der Waals surface area contributed by atoms with Crippen LogP contribution in [0.15, 0.2) is 18.6 Å². The van der Waals surface area contributed by atoms with Crippen molar-refractivity contribution in [3.63, 3.8) is 0 Å². The average molecular weight is 344 g/mol. The van der Waals surface area contributed by atoms with Crippen LogP contribution < -0.4 is 5.32 Å². The summed E-state index contributed by atoms with van der Waals surface area (Å²) >= 11 is 0. The van der Waals surface area contributed by atoms with Gasteiger partial charge in [-0.05, 0) is 25.2 Å². The summed E-state index contributed by atoms with van der Waals surface area (Å²) < 4.78 is 0. The maximum atomic E-state index is 12.3. The molecule has 2 amide bonds. The first kappa shape index (κ1) is 17.8. The number of likely N-dealkylation sites (tertiary alicyclic amines) is 1. The van der Waals surface area contributed by atoms with Gasteiger partial charge in [-0.2, -0.15) is 0 Å². The number of carbonyl (C=O) groups excluding carboxylic acids is 2. The average Bonchev–Trinajstić information content (AvgIpc) is 2.68. The zero-order chi connectivity index (χ0) is 17.5. The lowest BCUT2D eigenvalue weighted by molar-refractivity contribution is -0.122. The van der Waals surface area contributed by atoms with Gasteiger partial charge >= 0.3 is 0 Å². The molecule has 2 heterocycles. The van der Waals surface area contributed by atoms with Crippen molar-refractivity contribution in [2.24, 2.45) is 5.92 Å². The van der Waals surface area contributed by atoms with Gasteiger partial charge in [-0.25, -0.2) is 4.98 Å². The Morgan fingerprint density at radius 3 is 2.52 bits per heavy atom. The smallest absolute Gasteiger partial charge is 0.274 e. The summed E-state index contributed by atoms with van der Waals surface area (Å²) in [5.74, 6) is 0.838. The van der Waals surface area contributed by atoms with Crippen LogP contribution in [0.3, 0.4) is 0 Å². The Labute approximate surface area is 149 Å². The first-order valence-electron chi connectivity index (χ1n) is 9.57. The molecule has 3 rings (SSSR count). The van der Waals surface area contributed by atoms with Crippen LogP contribution >= 0.6 is 0 Å². The quantitative estimate of drug-likeness (QED) is 0.891. The van der Waals surface area contributed by atoms with Crippen molar-refractivity contribution >= 4 is 11.8 Å². The summed E-state index contributed by atoms with van der Waals surface area (Å²) in [7, 11) is 0. The SMILES string of the molecule is O=C(CCC1CCCCC1)NC1CCN(C(=O)c2cnccn2)CC1. The van der Waals surface area contributed by atoms with Crippen LogP contribution in [0.5, 0.6) is 0 Å². The normalized spacial score (nSPS) is 19.6. The molecule has 2 fully saturated rings. The van der Waals surface area contributed by atoms with Crippen molar-refractivity contribution < 1.29 is 9.59 Å². The maximum Gasteiger partial charge on any atom is 0.274 e. The van der Waals surface area contributed by atoms with E-state index in [-0.39, 0.29) is 17.9 Å². The number of piperidine rings is 1. The summed E-state index contributed by atoms with van der Waals surface area (Å²) in [5, 5.41) is 3.15. The van der Waals surface area contributed by atoms with Crippen LogP contribution in [-0.2, 0) is 4.79 Å². The van der Waals surface area contributed by atoms with Gasteiger partial charge in [0.2, 0.25) is 5.91 Å². The number of carbonyl (C=O) groups is 2. The van der Waals surface area contributed by atoms with E-state index in [0.29, 0.717) is 25.2 Å². The molecule has 6 heteroatoms. The minimum atomic E-state index is -0.0739. The molecule has 0 aromatic carbocycles. The molecule has 1 aliphatic carbocycles. The van der Waals surface area contributed by atoms with Gasteiger partial charge in [0.15, 0.2) is 0 Å². The lowest BCUT2D eigenvalue weighted by atomic mass is 9.86. The summed E-state index contributed by atoms with van der Waals surface area (Å²) in [5.41, 5.74) is 0.387. The number of aromatic nitrogens is 2. The first-order chi connectivity index (χ1) is 12.2. The van der Waals surface area contributed by atoms with Crippen LogP contribution in [0, 0.1) is 5.92 Å². The first-order valence-corrected chi connectivity index (χ1v) is 9.57. The molecule has 0 spiro atoms. The van der Waals surface area contributed by atoms with Crippen molar-refractivity contribution in [3.05, 3.63) is 24.3 Å². The third-order valence-electron chi connectivity index (χ3n) is 5.43. The molecule has 1 aromatic rings. The minimum Gasteiger partial charge on any atom is -0.353 e. The van der Waals surface area contributed by atoms with Crippen LogP contribution in [0.25, 0.3) is 0 Å². The molecule has 0 radical (unpaired) electrons. The molecule has 0 bridgehead atoms. The fourth-order valence-corrected chi connectivity index (χ4v) is 3.91. The second kappa shape index (κ2) is 8.92. The zero-order valence-corrected chi connectivity index (χ0v) is 14.8. The van der Waals surface area contributed by atoms with E-state index in [1.54, 1.807) is 11.1 Å². The van der Waals surface area contributed by atoms with Gasteiger partial charge in [-0.15, -0.1) is 0 Å². The molecular weight excluding hydrogens is 316 g/mol. The number of hydrogen-bond acceptors (Lipinski definition) is 4. The van der Waals surface area contributed by atoms with Gasteiger partial charge in [-0.3, -0.25) is 14.6 Å². The van der Waals surface area contributed by atoms with Gasteiger partial charge in [0.25, 0.3) is 5.91 Å². The van der Waals surface area contributed by atoms with Crippen LogP contribution in [0.1, 0.15) is 68.3 Å². The molecule has 25 heavy (non-hydrogen) atoms. The molecule has 2 aliphatic rings. The summed E-state index contributed by atoms with van der Waals surface area (Å²) in [6, 6.07) is 0.185. The monoisotopic (exact) mass is 344 g/mol. The maximum absolute atomic E-state index is 12.3. The fraction of sp³-hybridized carbons (Fsp3) is 0.684. The van der Waals surface area contributed by atoms with Crippen molar-refractivity contribution in [3.8, 4) is 0 Å². The topological polar surface area (TPSA) is 75.2 Å². The Balaban J connectivity index is 1.37. The van der Waals surface area contributed by atoms with E-state index in [4.69, 9.17) is 0 Å². The Kier molecular flexibility index (Phi) is 6.36. The van der Waals surface area contributed by atoms with E-state index in [0.717, 1.165) is 25.2 Å². The number of nitrogens with zero attached hydrogens (tertiary/aromatic N) is 3. The highest BCUT2D eigenvalue weighted by molar-refractivity contribution is 5.92. The van der Waals surface area contributed by atoms with Gasteiger partial charge in [0.05, 0.1) is 6.20 Å². The van der Waals surface area contributed by atoms with Crippen LogP contribution in [0.2, 0.25) is 0 Å². The van der Waals surface area contributed by atoms with E-state index in [1.807, 2.05) is 0 Å². The highest BCUT2D eigenvalue weighted by atomic mass is 16.2. The van der Waals surface area contributed by atoms with Crippen molar-refractivity contribution in [1.82, 2.24) is 20.2 Å². The Morgan fingerprint density at radius 1 is 1.08 bits per heavy atom. The van der Waals surface area contributed by atoms with Crippen molar-refractivity contribution in [2.75, 3.05) is 13.1 Å². The van der Waals surface area contributed by atoms with Crippen molar-refractivity contribution in [2.45, 2.75) is 63.8 Å². The molecule has 6 nitrogen and oxygen atoms in total. The summed E-state index contributed by atoms with van der Waals surface area (Å²) in [4.78, 5) is 34.3. The highest BCUT2D eigenvalue weighted by Gasteiger charge is 2.25. The van der Waals surface area contributed by atoms with E-state index < -0.39 is 0 Å². The fourth-order valence-electron chi connectivity index (χ4n) is 3.91. The summed E-state index contributed by atoms with van der Waals surface area (Å²) in [6.45, 7) is 1.31. The zero-order valence-electron chi connectivity index (χ0n) is 14.8. The third-order valence-corrected chi connectivity index (χ3v) is 5.43. The minimum absolute atomic E-state index is 0.0739. The number of amides is 2. The lowest BCUT2D eigenvalue weighted by Crippen LogP contribution is -2.46. The highest BCUT2D eigenvalue weighted by Crippen LogP contribution is 2.27. The second-order valence-electron chi connectivity index (χ2n) is 7.27. The third kappa shape index (κ3) is 5.25. The molecule has 1 aliphatic heterocycles. The molecule has 1 aromatic heterocycles.